The van der Waals surface area contributed by atoms with E-state index < -0.39 is 11.4 Å². The first-order valence-electron chi connectivity index (χ1n) is 12.1. The molecule has 0 radical (unpaired) electrons. The highest BCUT2D eigenvalue weighted by Gasteiger charge is 2.56. The minimum absolute atomic E-state index is 0.0923. The summed E-state index contributed by atoms with van der Waals surface area (Å²) in [5.41, 5.74) is 2.36. The number of benzene rings is 3. The van der Waals surface area contributed by atoms with Gasteiger partial charge in [0.2, 0.25) is 5.91 Å². The predicted octanol–water partition coefficient (Wildman–Crippen LogP) is 5.20. The smallest absolute Gasteiger partial charge is 0.255 e. The summed E-state index contributed by atoms with van der Waals surface area (Å²) in [6, 6.07) is 20.1. The number of piperazine rings is 1. The number of carbonyl (C=O) groups excluding carboxylic acids is 2. The lowest BCUT2D eigenvalue weighted by Crippen LogP contribution is -2.67. The molecule has 2 amide bonds. The van der Waals surface area contributed by atoms with Crippen LogP contribution in [0.2, 0.25) is 5.02 Å². The minimum atomic E-state index is -1.29. The molecule has 2 aliphatic heterocycles. The molecule has 188 valence electrons. The van der Waals surface area contributed by atoms with Crippen molar-refractivity contribution in [3.05, 3.63) is 100.0 Å². The van der Waals surface area contributed by atoms with E-state index in [0.29, 0.717) is 12.2 Å². The summed E-state index contributed by atoms with van der Waals surface area (Å²) in [7, 11) is 1.63. The van der Waals surface area contributed by atoms with E-state index in [4.69, 9.17) is 16.3 Å². The van der Waals surface area contributed by atoms with Crippen LogP contribution in [-0.2, 0) is 21.7 Å². The van der Waals surface area contributed by atoms with Gasteiger partial charge in [0.05, 0.1) is 19.3 Å². The Balaban J connectivity index is 1.53. The summed E-state index contributed by atoms with van der Waals surface area (Å²) in [4.78, 5) is 34.4. The molecule has 6 nitrogen and oxygen atoms in total. The largest absolute Gasteiger partial charge is 0.496 e. The molecule has 1 aromatic heterocycles. The average Bonchev–Trinajstić information content (AvgIpc) is 3.30. The van der Waals surface area contributed by atoms with Crippen molar-refractivity contribution in [2.75, 3.05) is 20.2 Å². The molecular weight excluding hydrogens is 493 g/mol. The SMILES string of the molecule is COc1ccccc1C1CN2C(=O)CN(Cc3c(F)cccc3Cl)C(=O)C2(C)c2[nH]c3ccccc3c21. The van der Waals surface area contributed by atoms with E-state index in [1.54, 1.807) is 25.0 Å². The van der Waals surface area contributed by atoms with Crippen LogP contribution in [0.3, 0.4) is 0 Å². The highest BCUT2D eigenvalue weighted by molar-refractivity contribution is 6.31. The quantitative estimate of drug-likeness (QED) is 0.404. The monoisotopic (exact) mass is 517 g/mol. The van der Waals surface area contributed by atoms with Crippen molar-refractivity contribution in [2.45, 2.75) is 24.9 Å². The third-order valence-electron chi connectivity index (χ3n) is 7.74. The molecule has 1 saturated heterocycles. The highest BCUT2D eigenvalue weighted by atomic mass is 35.5. The van der Waals surface area contributed by atoms with Gasteiger partial charge in [-0.3, -0.25) is 9.59 Å². The van der Waals surface area contributed by atoms with Crippen LogP contribution in [0.4, 0.5) is 4.39 Å². The van der Waals surface area contributed by atoms with Crippen molar-refractivity contribution >= 4 is 34.3 Å². The second kappa shape index (κ2) is 8.63. The summed E-state index contributed by atoms with van der Waals surface area (Å²) in [6.07, 6.45) is 0. The average molecular weight is 518 g/mol. The van der Waals surface area contributed by atoms with E-state index in [2.05, 4.69) is 4.98 Å². The van der Waals surface area contributed by atoms with Crippen molar-refractivity contribution in [3.63, 3.8) is 0 Å². The minimum Gasteiger partial charge on any atom is -0.496 e. The molecule has 0 saturated carbocycles. The normalized spacial score (nSPS) is 21.2. The van der Waals surface area contributed by atoms with Gasteiger partial charge in [-0.2, -0.15) is 0 Å². The van der Waals surface area contributed by atoms with Crippen LogP contribution in [0, 0.1) is 5.82 Å². The zero-order valence-electron chi connectivity index (χ0n) is 20.4. The molecule has 8 heteroatoms. The third kappa shape index (κ3) is 3.44. The molecule has 3 aromatic carbocycles. The van der Waals surface area contributed by atoms with Gasteiger partial charge in [0.15, 0.2) is 5.54 Å². The molecule has 1 fully saturated rings. The number of halogens is 2. The van der Waals surface area contributed by atoms with Gasteiger partial charge in [0, 0.05) is 39.5 Å². The van der Waals surface area contributed by atoms with Crippen LogP contribution in [-0.4, -0.2) is 46.8 Å². The Morgan fingerprint density at radius 3 is 2.62 bits per heavy atom. The molecule has 2 atom stereocenters. The number of aromatic amines is 1. The number of nitrogens with one attached hydrogen (secondary N) is 1. The fraction of sp³-hybridized carbons (Fsp3) is 0.241. The number of hydrogen-bond acceptors (Lipinski definition) is 3. The summed E-state index contributed by atoms with van der Waals surface area (Å²) in [6.45, 7) is 1.83. The van der Waals surface area contributed by atoms with Crippen LogP contribution in [0.15, 0.2) is 66.7 Å². The molecule has 37 heavy (non-hydrogen) atoms. The fourth-order valence-corrected chi connectivity index (χ4v) is 6.14. The summed E-state index contributed by atoms with van der Waals surface area (Å²) < 4.78 is 20.3. The molecule has 4 aromatic rings. The Bertz CT molecular complexity index is 1550. The maximum absolute atomic E-state index is 14.6. The van der Waals surface area contributed by atoms with Crippen LogP contribution in [0.25, 0.3) is 10.9 Å². The van der Waals surface area contributed by atoms with E-state index in [1.165, 1.54) is 17.0 Å². The lowest BCUT2D eigenvalue weighted by molar-refractivity contribution is -0.167. The molecular formula is C29H25ClFN3O3. The van der Waals surface area contributed by atoms with E-state index in [1.807, 2.05) is 48.5 Å². The van der Waals surface area contributed by atoms with Gasteiger partial charge >= 0.3 is 0 Å². The Kier molecular flexibility index (Phi) is 5.49. The van der Waals surface area contributed by atoms with Crippen molar-refractivity contribution < 1.29 is 18.7 Å². The van der Waals surface area contributed by atoms with Gasteiger partial charge in [-0.1, -0.05) is 54.1 Å². The number of aromatic nitrogens is 1. The van der Waals surface area contributed by atoms with Crippen LogP contribution in [0.5, 0.6) is 5.75 Å². The first-order valence-corrected chi connectivity index (χ1v) is 12.5. The zero-order valence-corrected chi connectivity index (χ0v) is 21.2. The Labute approximate surface area is 218 Å². The number of ether oxygens (including phenoxy) is 1. The number of carbonyl (C=O) groups is 2. The lowest BCUT2D eigenvalue weighted by atomic mass is 9.76. The molecule has 6 rings (SSSR count). The van der Waals surface area contributed by atoms with Gasteiger partial charge in [-0.05, 0) is 36.8 Å². The van der Waals surface area contributed by atoms with Gasteiger partial charge < -0.3 is 19.5 Å². The lowest BCUT2D eigenvalue weighted by Gasteiger charge is -2.51. The van der Waals surface area contributed by atoms with E-state index in [0.717, 1.165) is 27.8 Å². The van der Waals surface area contributed by atoms with Gasteiger partial charge in [0.1, 0.15) is 18.1 Å². The van der Waals surface area contributed by atoms with Crippen LogP contribution >= 0.6 is 11.6 Å². The summed E-state index contributed by atoms with van der Waals surface area (Å²) >= 11 is 6.26. The second-order valence-electron chi connectivity index (χ2n) is 9.69. The molecule has 2 aliphatic rings. The van der Waals surface area contributed by atoms with Crippen LogP contribution < -0.4 is 4.74 Å². The number of amides is 2. The summed E-state index contributed by atoms with van der Waals surface area (Å²) in [5, 5.41) is 1.21. The Morgan fingerprint density at radius 2 is 1.84 bits per heavy atom. The van der Waals surface area contributed by atoms with Crippen molar-refractivity contribution in [3.8, 4) is 5.75 Å². The standard InChI is InChI=1S/C29H25ClFN3O3/c1-29-27-26(18-9-3-5-12-23(18)32-27)19(17-8-4-6-13-24(17)37-2)15-34(29)25(35)16-33(28(29)36)14-20-21(30)10-7-11-22(20)31/h3-13,19,32H,14-16H2,1-2H3. The van der Waals surface area contributed by atoms with Crippen molar-refractivity contribution in [1.82, 2.24) is 14.8 Å². The van der Waals surface area contributed by atoms with Gasteiger partial charge in [0.25, 0.3) is 5.91 Å². The number of hydrogen-bond donors (Lipinski definition) is 1. The third-order valence-corrected chi connectivity index (χ3v) is 8.10. The van der Waals surface area contributed by atoms with Gasteiger partial charge in [-0.25, -0.2) is 4.39 Å². The van der Waals surface area contributed by atoms with E-state index in [-0.39, 0.29) is 41.4 Å². The molecule has 0 spiro atoms. The molecule has 3 heterocycles. The van der Waals surface area contributed by atoms with Gasteiger partial charge in [-0.15, -0.1) is 0 Å². The number of methoxy groups -OCH3 is 1. The van der Waals surface area contributed by atoms with E-state index in [9.17, 15) is 14.0 Å². The molecule has 0 aliphatic carbocycles. The molecule has 1 N–H and O–H groups in total. The predicted molar refractivity (Wildman–Crippen MR) is 139 cm³/mol. The first-order chi connectivity index (χ1) is 17.8. The zero-order chi connectivity index (χ0) is 25.9. The number of para-hydroxylation sites is 2. The fourth-order valence-electron chi connectivity index (χ4n) is 5.91. The highest BCUT2D eigenvalue weighted by Crippen LogP contribution is 2.49. The number of H-pyrrole nitrogens is 1. The Hall–Kier alpha value is -3.84. The summed E-state index contributed by atoms with van der Waals surface area (Å²) in [5.74, 6) is -0.485. The molecule has 2 unspecified atom stereocenters. The maximum atomic E-state index is 14.6. The first kappa shape index (κ1) is 23.6. The molecule has 0 bridgehead atoms. The van der Waals surface area contributed by atoms with Crippen molar-refractivity contribution in [2.24, 2.45) is 0 Å². The second-order valence-corrected chi connectivity index (χ2v) is 10.1. The van der Waals surface area contributed by atoms with Crippen LogP contribution in [0.1, 0.15) is 35.2 Å². The number of rotatable bonds is 4. The maximum Gasteiger partial charge on any atom is 0.255 e. The topological polar surface area (TPSA) is 65.6 Å². The number of nitrogens with zero attached hydrogens (tertiary/aromatic N) is 2. The Morgan fingerprint density at radius 1 is 1.08 bits per heavy atom. The van der Waals surface area contributed by atoms with Crippen molar-refractivity contribution in [1.29, 1.82) is 0 Å². The van der Waals surface area contributed by atoms with E-state index >= 15 is 0 Å². The number of fused-ring (bicyclic) bond motifs is 5.